The second kappa shape index (κ2) is 7.65. The minimum absolute atomic E-state index is 0.264. The highest BCUT2D eigenvalue weighted by molar-refractivity contribution is 5.30. The molecule has 0 unspecified atom stereocenters. The van der Waals surface area contributed by atoms with Crippen LogP contribution in [-0.2, 0) is 4.74 Å². The van der Waals surface area contributed by atoms with Crippen LogP contribution in [0.1, 0.15) is 51.6 Å². The lowest BCUT2D eigenvalue weighted by atomic mass is 10.1. The third-order valence-electron chi connectivity index (χ3n) is 3.95. The van der Waals surface area contributed by atoms with Crippen LogP contribution in [0.15, 0.2) is 24.3 Å². The Balaban J connectivity index is 1.88. The van der Waals surface area contributed by atoms with Crippen LogP contribution in [0.4, 0.5) is 0 Å². The molecule has 0 radical (unpaired) electrons. The highest BCUT2D eigenvalue weighted by Gasteiger charge is 2.16. The van der Waals surface area contributed by atoms with Gasteiger partial charge in [-0.1, -0.05) is 19.1 Å². The molecule has 0 amide bonds. The topological polar surface area (TPSA) is 30.5 Å². The Hall–Kier alpha value is -1.06. The van der Waals surface area contributed by atoms with E-state index in [0.717, 1.165) is 25.3 Å². The molecular formula is C17H27NO2. The van der Waals surface area contributed by atoms with Crippen molar-refractivity contribution < 1.29 is 9.47 Å². The summed E-state index contributed by atoms with van der Waals surface area (Å²) in [6, 6.07) is 8.70. The van der Waals surface area contributed by atoms with Crippen molar-refractivity contribution in [1.82, 2.24) is 5.32 Å². The second-order valence-corrected chi connectivity index (χ2v) is 5.67. The molecule has 1 heterocycles. The number of ether oxygens (including phenoxy) is 2. The van der Waals surface area contributed by atoms with Gasteiger partial charge in [0.2, 0.25) is 0 Å². The van der Waals surface area contributed by atoms with Gasteiger partial charge in [-0.05, 0) is 50.8 Å². The van der Waals surface area contributed by atoms with E-state index in [-0.39, 0.29) is 6.10 Å². The third kappa shape index (κ3) is 4.50. The van der Waals surface area contributed by atoms with Crippen LogP contribution >= 0.6 is 0 Å². The van der Waals surface area contributed by atoms with Crippen molar-refractivity contribution in [3.05, 3.63) is 29.8 Å². The molecular weight excluding hydrogens is 250 g/mol. The molecule has 20 heavy (non-hydrogen) atoms. The van der Waals surface area contributed by atoms with Gasteiger partial charge in [0.05, 0.1) is 12.2 Å². The first-order valence-corrected chi connectivity index (χ1v) is 7.80. The van der Waals surface area contributed by atoms with Crippen LogP contribution in [0.3, 0.4) is 0 Å². The molecule has 0 spiro atoms. The average Bonchev–Trinajstić information content (AvgIpc) is 2.98. The molecule has 3 atom stereocenters. The van der Waals surface area contributed by atoms with Gasteiger partial charge in [0.1, 0.15) is 5.75 Å². The van der Waals surface area contributed by atoms with E-state index in [4.69, 9.17) is 9.47 Å². The first-order chi connectivity index (χ1) is 9.69. The van der Waals surface area contributed by atoms with Crippen LogP contribution in [0, 0.1) is 0 Å². The maximum atomic E-state index is 5.88. The minimum Gasteiger partial charge on any atom is -0.491 e. The molecule has 1 aliphatic rings. The zero-order chi connectivity index (χ0) is 14.4. The first kappa shape index (κ1) is 15.3. The minimum atomic E-state index is 0.264. The summed E-state index contributed by atoms with van der Waals surface area (Å²) in [6.45, 7) is 8.28. The van der Waals surface area contributed by atoms with Crippen molar-refractivity contribution in [2.24, 2.45) is 0 Å². The quantitative estimate of drug-likeness (QED) is 0.824. The maximum absolute atomic E-state index is 5.88. The van der Waals surface area contributed by atoms with Gasteiger partial charge in [-0.3, -0.25) is 0 Å². The highest BCUT2D eigenvalue weighted by atomic mass is 16.5. The standard InChI is InChI=1S/C17H27NO2/c1-4-13(2)20-16-8-5-7-15(11-16)14(3)18-12-17-9-6-10-19-17/h5,7-8,11,13-14,17-18H,4,6,9-10,12H2,1-3H3/t13-,14+,17-/m0/s1. The Labute approximate surface area is 122 Å². The van der Waals surface area contributed by atoms with E-state index < -0.39 is 0 Å². The van der Waals surface area contributed by atoms with Crippen molar-refractivity contribution in [2.45, 2.75) is 58.3 Å². The Kier molecular flexibility index (Phi) is 5.86. The molecule has 0 aliphatic carbocycles. The molecule has 0 saturated carbocycles. The summed E-state index contributed by atoms with van der Waals surface area (Å²) >= 11 is 0. The van der Waals surface area contributed by atoms with Crippen molar-refractivity contribution in [1.29, 1.82) is 0 Å². The lowest BCUT2D eigenvalue weighted by Gasteiger charge is -2.19. The van der Waals surface area contributed by atoms with Gasteiger partial charge in [-0.15, -0.1) is 0 Å². The maximum Gasteiger partial charge on any atom is 0.120 e. The van der Waals surface area contributed by atoms with Crippen molar-refractivity contribution >= 4 is 0 Å². The van der Waals surface area contributed by atoms with Crippen molar-refractivity contribution in [3.8, 4) is 5.75 Å². The number of benzene rings is 1. The second-order valence-electron chi connectivity index (χ2n) is 5.67. The monoisotopic (exact) mass is 277 g/mol. The summed E-state index contributed by atoms with van der Waals surface area (Å²) in [5, 5.41) is 3.55. The molecule has 1 fully saturated rings. The highest BCUT2D eigenvalue weighted by Crippen LogP contribution is 2.21. The largest absolute Gasteiger partial charge is 0.491 e. The SMILES string of the molecule is CC[C@H](C)Oc1cccc([C@@H](C)NC[C@@H]2CCCO2)c1. The molecule has 1 aliphatic heterocycles. The fourth-order valence-corrected chi connectivity index (χ4v) is 2.40. The van der Waals surface area contributed by atoms with E-state index in [9.17, 15) is 0 Å². The zero-order valence-corrected chi connectivity index (χ0v) is 12.9. The predicted octanol–water partition coefficient (Wildman–Crippen LogP) is 3.69. The number of rotatable bonds is 7. The van der Waals surface area contributed by atoms with Gasteiger partial charge in [0.15, 0.2) is 0 Å². The van der Waals surface area contributed by atoms with Gasteiger partial charge >= 0.3 is 0 Å². The number of nitrogens with one attached hydrogen (secondary N) is 1. The molecule has 0 aromatic heterocycles. The summed E-state index contributed by atoms with van der Waals surface area (Å²) in [6.07, 6.45) is 4.05. The van der Waals surface area contributed by atoms with E-state index in [1.807, 2.05) is 6.07 Å². The average molecular weight is 277 g/mol. The van der Waals surface area contributed by atoms with E-state index in [1.165, 1.54) is 18.4 Å². The first-order valence-electron chi connectivity index (χ1n) is 7.80. The molecule has 1 aromatic carbocycles. The summed E-state index contributed by atoms with van der Waals surface area (Å²) < 4.78 is 11.5. The molecule has 1 saturated heterocycles. The van der Waals surface area contributed by atoms with Gasteiger partial charge in [0, 0.05) is 19.2 Å². The Morgan fingerprint density at radius 3 is 2.95 bits per heavy atom. The van der Waals surface area contributed by atoms with Gasteiger partial charge < -0.3 is 14.8 Å². The van der Waals surface area contributed by atoms with Gasteiger partial charge in [-0.25, -0.2) is 0 Å². The molecule has 2 rings (SSSR count). The van der Waals surface area contributed by atoms with Crippen molar-refractivity contribution in [2.75, 3.05) is 13.2 Å². The van der Waals surface area contributed by atoms with Crippen molar-refractivity contribution in [3.63, 3.8) is 0 Å². The number of hydrogen-bond donors (Lipinski definition) is 1. The molecule has 0 bridgehead atoms. The summed E-state index contributed by atoms with van der Waals surface area (Å²) in [5.41, 5.74) is 1.27. The lowest BCUT2D eigenvalue weighted by Crippen LogP contribution is -2.28. The van der Waals surface area contributed by atoms with Crippen LogP contribution < -0.4 is 10.1 Å². The fraction of sp³-hybridized carbons (Fsp3) is 0.647. The van der Waals surface area contributed by atoms with E-state index in [0.29, 0.717) is 12.1 Å². The van der Waals surface area contributed by atoms with E-state index >= 15 is 0 Å². The summed E-state index contributed by atoms with van der Waals surface area (Å²) in [5.74, 6) is 0.961. The molecule has 3 heteroatoms. The Bertz CT molecular complexity index is 402. The van der Waals surface area contributed by atoms with Crippen LogP contribution in [0.5, 0.6) is 5.75 Å². The number of hydrogen-bond acceptors (Lipinski definition) is 3. The molecule has 112 valence electrons. The Morgan fingerprint density at radius 1 is 1.40 bits per heavy atom. The summed E-state index contributed by atoms with van der Waals surface area (Å²) in [7, 11) is 0. The summed E-state index contributed by atoms with van der Waals surface area (Å²) in [4.78, 5) is 0. The predicted molar refractivity (Wildman–Crippen MR) is 82.2 cm³/mol. The normalized spacial score (nSPS) is 21.6. The fourth-order valence-electron chi connectivity index (χ4n) is 2.40. The molecule has 1 aromatic rings. The van der Waals surface area contributed by atoms with Gasteiger partial charge in [0.25, 0.3) is 0 Å². The van der Waals surface area contributed by atoms with Crippen LogP contribution in [-0.4, -0.2) is 25.4 Å². The van der Waals surface area contributed by atoms with E-state index in [2.05, 4.69) is 44.3 Å². The van der Waals surface area contributed by atoms with E-state index in [1.54, 1.807) is 0 Å². The van der Waals surface area contributed by atoms with Crippen LogP contribution in [0.25, 0.3) is 0 Å². The Morgan fingerprint density at radius 2 is 2.25 bits per heavy atom. The zero-order valence-electron chi connectivity index (χ0n) is 12.9. The molecule has 3 nitrogen and oxygen atoms in total. The lowest BCUT2D eigenvalue weighted by molar-refractivity contribution is 0.108. The third-order valence-corrected chi connectivity index (χ3v) is 3.95. The van der Waals surface area contributed by atoms with Crippen LogP contribution in [0.2, 0.25) is 0 Å². The van der Waals surface area contributed by atoms with Gasteiger partial charge in [-0.2, -0.15) is 0 Å². The molecule has 1 N–H and O–H groups in total. The smallest absolute Gasteiger partial charge is 0.120 e.